The number of rotatable bonds is 5. The third-order valence-electron chi connectivity index (χ3n) is 5.71. The Morgan fingerprint density at radius 1 is 0.938 bits per heavy atom. The SMILES string of the molecule is CC1(C)C=C(c2ccc(C(C)(C)C)s2)c2cc(CCc3ccc(C(=O)O)cc3)ccc2S1. The molecule has 0 aliphatic carbocycles. The first-order valence-electron chi connectivity index (χ1n) is 11.0. The van der Waals surface area contributed by atoms with Crippen LogP contribution in [0, 0.1) is 0 Å². The van der Waals surface area contributed by atoms with Crippen molar-refractivity contribution >= 4 is 34.6 Å². The van der Waals surface area contributed by atoms with E-state index in [1.807, 2.05) is 35.2 Å². The molecule has 0 saturated heterocycles. The molecular formula is C28H30O2S2. The van der Waals surface area contributed by atoms with Crippen LogP contribution in [0.5, 0.6) is 0 Å². The highest BCUT2D eigenvalue weighted by molar-refractivity contribution is 8.01. The Morgan fingerprint density at radius 3 is 2.22 bits per heavy atom. The van der Waals surface area contributed by atoms with E-state index in [-0.39, 0.29) is 10.2 Å². The maximum Gasteiger partial charge on any atom is 0.335 e. The minimum absolute atomic E-state index is 0.0572. The highest BCUT2D eigenvalue weighted by Crippen LogP contribution is 2.48. The molecule has 4 rings (SSSR count). The average molecular weight is 463 g/mol. The van der Waals surface area contributed by atoms with Crippen LogP contribution in [0.3, 0.4) is 0 Å². The number of fused-ring (bicyclic) bond motifs is 1. The Bertz CT molecular complexity index is 1170. The lowest BCUT2D eigenvalue weighted by atomic mass is 9.94. The fourth-order valence-corrected chi connectivity index (χ4v) is 6.22. The Labute approximate surface area is 199 Å². The van der Waals surface area contributed by atoms with Gasteiger partial charge in [-0.3, -0.25) is 0 Å². The molecule has 2 nitrogen and oxygen atoms in total. The molecule has 0 amide bonds. The van der Waals surface area contributed by atoms with Crippen molar-refractivity contribution in [3.63, 3.8) is 0 Å². The van der Waals surface area contributed by atoms with Gasteiger partial charge in [0.1, 0.15) is 0 Å². The molecule has 166 valence electrons. The number of benzene rings is 2. The summed E-state index contributed by atoms with van der Waals surface area (Å²) in [4.78, 5) is 15.2. The summed E-state index contributed by atoms with van der Waals surface area (Å²) in [7, 11) is 0. The van der Waals surface area contributed by atoms with Crippen molar-refractivity contribution in [2.24, 2.45) is 0 Å². The van der Waals surface area contributed by atoms with Gasteiger partial charge >= 0.3 is 5.97 Å². The van der Waals surface area contributed by atoms with E-state index in [9.17, 15) is 4.79 Å². The van der Waals surface area contributed by atoms with Crippen molar-refractivity contribution in [2.45, 2.75) is 62.5 Å². The molecule has 0 unspecified atom stereocenters. The molecule has 3 aromatic rings. The van der Waals surface area contributed by atoms with Crippen LogP contribution < -0.4 is 0 Å². The van der Waals surface area contributed by atoms with Gasteiger partial charge in [0.15, 0.2) is 0 Å². The molecule has 32 heavy (non-hydrogen) atoms. The van der Waals surface area contributed by atoms with Gasteiger partial charge < -0.3 is 5.11 Å². The summed E-state index contributed by atoms with van der Waals surface area (Å²) in [6.07, 6.45) is 4.24. The van der Waals surface area contributed by atoms with Crippen LogP contribution in [0.15, 0.2) is 65.6 Å². The largest absolute Gasteiger partial charge is 0.478 e. The van der Waals surface area contributed by atoms with Gasteiger partial charge in [-0.05, 0) is 90.8 Å². The third kappa shape index (κ3) is 5.02. The fraction of sp³-hybridized carbons (Fsp3) is 0.321. The number of aryl methyl sites for hydroxylation is 2. The summed E-state index contributed by atoms with van der Waals surface area (Å²) in [5.41, 5.74) is 5.63. The Balaban J connectivity index is 1.61. The van der Waals surface area contributed by atoms with Crippen molar-refractivity contribution in [1.82, 2.24) is 0 Å². The quantitative estimate of drug-likeness (QED) is 0.419. The van der Waals surface area contributed by atoms with Crippen LogP contribution in [0.25, 0.3) is 5.57 Å². The van der Waals surface area contributed by atoms with Crippen molar-refractivity contribution in [3.8, 4) is 0 Å². The van der Waals surface area contributed by atoms with Crippen molar-refractivity contribution in [3.05, 3.63) is 92.7 Å². The standard InChI is InChI=1S/C28H30O2S2/c1-27(2,3)25-15-14-23(31-25)22-17-28(4,5)32-24-13-10-19(16-21(22)24)7-6-18-8-11-20(12-9-18)26(29)30/h8-17H,6-7H2,1-5H3,(H,29,30). The molecule has 1 N–H and O–H groups in total. The molecule has 0 fully saturated rings. The highest BCUT2D eigenvalue weighted by atomic mass is 32.2. The normalized spacial score (nSPS) is 15.2. The lowest BCUT2D eigenvalue weighted by molar-refractivity contribution is 0.0697. The number of hydrogen-bond acceptors (Lipinski definition) is 3. The van der Waals surface area contributed by atoms with Crippen LogP contribution in [0.1, 0.15) is 71.4 Å². The molecule has 1 aliphatic heterocycles. The van der Waals surface area contributed by atoms with E-state index in [2.05, 4.69) is 71.0 Å². The first kappa shape index (κ1) is 22.9. The number of thiophene rings is 1. The summed E-state index contributed by atoms with van der Waals surface area (Å²) >= 11 is 3.83. The molecule has 4 heteroatoms. The van der Waals surface area contributed by atoms with E-state index < -0.39 is 5.97 Å². The first-order chi connectivity index (χ1) is 15.0. The molecule has 0 saturated carbocycles. The molecule has 1 aliphatic rings. The van der Waals surface area contributed by atoms with Crippen LogP contribution in [-0.4, -0.2) is 15.8 Å². The number of carboxylic acid groups (broad SMARTS) is 1. The number of carbonyl (C=O) groups is 1. The Morgan fingerprint density at radius 2 is 1.59 bits per heavy atom. The van der Waals surface area contributed by atoms with Crippen molar-refractivity contribution in [1.29, 1.82) is 0 Å². The van der Waals surface area contributed by atoms with Gasteiger partial charge in [0.2, 0.25) is 0 Å². The van der Waals surface area contributed by atoms with Gasteiger partial charge in [-0.15, -0.1) is 23.1 Å². The summed E-state index contributed by atoms with van der Waals surface area (Å²) < 4.78 is 0.0572. The summed E-state index contributed by atoms with van der Waals surface area (Å²) in [5, 5.41) is 9.09. The van der Waals surface area contributed by atoms with Gasteiger partial charge in [0.05, 0.1) is 5.56 Å². The average Bonchev–Trinajstić information content (AvgIpc) is 3.22. The van der Waals surface area contributed by atoms with Gasteiger partial charge in [0, 0.05) is 19.4 Å². The second-order valence-corrected chi connectivity index (χ2v) is 12.8. The Kier molecular flexibility index (Phi) is 6.12. The summed E-state index contributed by atoms with van der Waals surface area (Å²) in [6.45, 7) is 11.4. The monoisotopic (exact) mass is 462 g/mol. The predicted octanol–water partition coefficient (Wildman–Crippen LogP) is 7.85. The minimum atomic E-state index is -0.880. The van der Waals surface area contributed by atoms with E-state index in [0.29, 0.717) is 5.56 Å². The van der Waals surface area contributed by atoms with E-state index in [1.165, 1.54) is 31.3 Å². The summed E-state index contributed by atoms with van der Waals surface area (Å²) in [5.74, 6) is -0.880. The zero-order valence-corrected chi connectivity index (χ0v) is 21.0. The van der Waals surface area contributed by atoms with Gasteiger partial charge in [-0.2, -0.15) is 0 Å². The zero-order chi connectivity index (χ0) is 23.1. The fourth-order valence-electron chi connectivity index (χ4n) is 3.96. The number of hydrogen-bond donors (Lipinski definition) is 1. The van der Waals surface area contributed by atoms with Crippen LogP contribution >= 0.6 is 23.1 Å². The van der Waals surface area contributed by atoms with Crippen LogP contribution in [0.4, 0.5) is 0 Å². The van der Waals surface area contributed by atoms with Gasteiger partial charge in [-0.25, -0.2) is 4.79 Å². The summed E-state index contributed by atoms with van der Waals surface area (Å²) in [6, 6.07) is 18.6. The molecule has 0 bridgehead atoms. The molecule has 0 spiro atoms. The van der Waals surface area contributed by atoms with E-state index >= 15 is 0 Å². The molecular weight excluding hydrogens is 432 g/mol. The van der Waals surface area contributed by atoms with Crippen molar-refractivity contribution < 1.29 is 9.90 Å². The van der Waals surface area contributed by atoms with E-state index in [1.54, 1.807) is 12.1 Å². The molecule has 2 heterocycles. The predicted molar refractivity (Wildman–Crippen MR) is 137 cm³/mol. The third-order valence-corrected chi connectivity index (χ3v) is 8.48. The van der Waals surface area contributed by atoms with Crippen molar-refractivity contribution in [2.75, 3.05) is 0 Å². The maximum absolute atomic E-state index is 11.1. The highest BCUT2D eigenvalue weighted by Gasteiger charge is 2.28. The van der Waals surface area contributed by atoms with Crippen LogP contribution in [0.2, 0.25) is 0 Å². The molecule has 0 radical (unpaired) electrons. The van der Waals surface area contributed by atoms with E-state index in [0.717, 1.165) is 18.4 Å². The number of thioether (sulfide) groups is 1. The van der Waals surface area contributed by atoms with Crippen LogP contribution in [-0.2, 0) is 18.3 Å². The van der Waals surface area contributed by atoms with Gasteiger partial charge in [0.25, 0.3) is 0 Å². The first-order valence-corrected chi connectivity index (χ1v) is 12.6. The van der Waals surface area contributed by atoms with Gasteiger partial charge in [-0.1, -0.05) is 45.0 Å². The lowest BCUT2D eigenvalue weighted by Gasteiger charge is -2.29. The molecule has 2 aromatic carbocycles. The second kappa shape index (κ2) is 8.57. The number of carboxylic acids is 1. The minimum Gasteiger partial charge on any atom is -0.478 e. The Hall–Kier alpha value is -2.30. The number of aromatic carboxylic acids is 1. The maximum atomic E-state index is 11.1. The topological polar surface area (TPSA) is 37.3 Å². The van der Waals surface area contributed by atoms with E-state index in [4.69, 9.17) is 5.11 Å². The smallest absolute Gasteiger partial charge is 0.335 e. The second-order valence-electron chi connectivity index (χ2n) is 10.0. The lowest BCUT2D eigenvalue weighted by Crippen LogP contribution is -2.16. The zero-order valence-electron chi connectivity index (χ0n) is 19.4. The molecule has 0 atom stereocenters. The molecule has 1 aromatic heterocycles.